The van der Waals surface area contributed by atoms with Crippen LogP contribution in [0.2, 0.25) is 0 Å². The number of piperidine rings is 1. The SMILES string of the molecule is COc1ccccc1C(=O)N1CCc2cc(C(=O)N3CCC[C@H]4CCCC[C@H]43)ccc21. The van der Waals surface area contributed by atoms with E-state index in [1.807, 2.05) is 36.4 Å². The molecule has 1 saturated carbocycles. The molecule has 2 atom stereocenters. The molecule has 3 aliphatic rings. The minimum atomic E-state index is -0.0589. The first-order valence-electron chi connectivity index (χ1n) is 11.6. The Bertz CT molecular complexity index is 1000. The molecule has 0 unspecified atom stereocenters. The lowest BCUT2D eigenvalue weighted by atomic mass is 9.78. The number of nitrogens with zero attached hydrogens (tertiary/aromatic N) is 2. The molecule has 2 aromatic carbocycles. The number of hydrogen-bond donors (Lipinski definition) is 0. The second-order valence-electron chi connectivity index (χ2n) is 9.00. The normalized spacial score (nSPS) is 22.6. The van der Waals surface area contributed by atoms with Gasteiger partial charge in [0, 0.05) is 30.4 Å². The van der Waals surface area contributed by atoms with Crippen molar-refractivity contribution < 1.29 is 14.3 Å². The predicted octanol–water partition coefficient (Wildman–Crippen LogP) is 4.69. The van der Waals surface area contributed by atoms with E-state index in [4.69, 9.17) is 4.74 Å². The monoisotopic (exact) mass is 418 g/mol. The number of carbonyl (C=O) groups excluding carboxylic acids is 2. The van der Waals surface area contributed by atoms with Crippen molar-refractivity contribution >= 4 is 17.5 Å². The van der Waals surface area contributed by atoms with E-state index in [9.17, 15) is 9.59 Å². The zero-order valence-electron chi connectivity index (χ0n) is 18.2. The molecule has 162 valence electrons. The summed E-state index contributed by atoms with van der Waals surface area (Å²) < 4.78 is 5.38. The van der Waals surface area contributed by atoms with Gasteiger partial charge in [-0.15, -0.1) is 0 Å². The van der Waals surface area contributed by atoms with E-state index in [-0.39, 0.29) is 11.8 Å². The van der Waals surface area contributed by atoms with Gasteiger partial charge in [0.25, 0.3) is 11.8 Å². The number of ether oxygens (including phenoxy) is 1. The minimum Gasteiger partial charge on any atom is -0.496 e. The molecular formula is C26H30N2O3. The maximum Gasteiger partial charge on any atom is 0.262 e. The van der Waals surface area contributed by atoms with E-state index in [1.165, 1.54) is 25.7 Å². The van der Waals surface area contributed by atoms with Gasteiger partial charge in [-0.3, -0.25) is 9.59 Å². The summed E-state index contributed by atoms with van der Waals surface area (Å²) in [7, 11) is 1.58. The van der Waals surface area contributed by atoms with E-state index >= 15 is 0 Å². The first-order chi connectivity index (χ1) is 15.2. The highest BCUT2D eigenvalue weighted by atomic mass is 16.5. The van der Waals surface area contributed by atoms with Gasteiger partial charge >= 0.3 is 0 Å². The van der Waals surface area contributed by atoms with Crippen molar-refractivity contribution in [2.45, 2.75) is 51.0 Å². The summed E-state index contributed by atoms with van der Waals surface area (Å²) in [5.41, 5.74) is 3.30. The zero-order chi connectivity index (χ0) is 21.4. The lowest BCUT2D eigenvalue weighted by Crippen LogP contribution is -2.49. The largest absolute Gasteiger partial charge is 0.496 e. The van der Waals surface area contributed by atoms with Crippen molar-refractivity contribution in [2.24, 2.45) is 5.92 Å². The standard InChI is InChI=1S/C26H30N2O3/c1-31-24-11-5-3-9-21(24)26(30)28-16-14-19-17-20(12-13-23(19)28)25(29)27-15-6-8-18-7-2-4-10-22(18)27/h3,5,9,11-13,17-18,22H,2,4,6-8,10,14-16H2,1H3/t18-,22-/m1/s1. The molecule has 1 aliphatic carbocycles. The van der Waals surface area contributed by atoms with Crippen molar-refractivity contribution in [3.63, 3.8) is 0 Å². The van der Waals surface area contributed by atoms with Crippen molar-refractivity contribution in [2.75, 3.05) is 25.1 Å². The summed E-state index contributed by atoms with van der Waals surface area (Å²) >= 11 is 0. The van der Waals surface area contributed by atoms with Gasteiger partial charge in [-0.25, -0.2) is 0 Å². The van der Waals surface area contributed by atoms with Gasteiger partial charge in [-0.1, -0.05) is 25.0 Å². The molecule has 0 N–H and O–H groups in total. The minimum absolute atomic E-state index is 0.0589. The van der Waals surface area contributed by atoms with Gasteiger partial charge in [-0.05, 0) is 73.9 Å². The van der Waals surface area contributed by atoms with E-state index in [2.05, 4.69) is 4.90 Å². The Labute approximate surface area is 184 Å². The Morgan fingerprint density at radius 2 is 1.74 bits per heavy atom. The quantitative estimate of drug-likeness (QED) is 0.726. The van der Waals surface area contributed by atoms with Crippen molar-refractivity contribution in [3.05, 3.63) is 59.2 Å². The van der Waals surface area contributed by atoms with Crippen LogP contribution < -0.4 is 9.64 Å². The van der Waals surface area contributed by atoms with Gasteiger partial charge in [0.2, 0.25) is 0 Å². The van der Waals surface area contributed by atoms with Crippen molar-refractivity contribution in [1.29, 1.82) is 0 Å². The Morgan fingerprint density at radius 1 is 0.935 bits per heavy atom. The van der Waals surface area contributed by atoms with Crippen molar-refractivity contribution in [3.8, 4) is 5.75 Å². The molecule has 2 amide bonds. The molecule has 1 saturated heterocycles. The summed E-state index contributed by atoms with van der Waals surface area (Å²) in [6.07, 6.45) is 8.08. The van der Waals surface area contributed by atoms with Crippen molar-refractivity contribution in [1.82, 2.24) is 4.90 Å². The second-order valence-corrected chi connectivity index (χ2v) is 9.00. The molecule has 2 heterocycles. The second kappa shape index (κ2) is 8.37. The fourth-order valence-corrected chi connectivity index (χ4v) is 5.76. The van der Waals surface area contributed by atoms with E-state index in [1.54, 1.807) is 18.1 Å². The van der Waals surface area contributed by atoms with Crippen LogP contribution in [0.25, 0.3) is 0 Å². The average molecular weight is 419 g/mol. The number of methoxy groups -OCH3 is 1. The average Bonchev–Trinajstić information content (AvgIpc) is 3.26. The Kier molecular flexibility index (Phi) is 5.43. The molecule has 5 rings (SSSR count). The van der Waals surface area contributed by atoms with Crippen LogP contribution in [-0.4, -0.2) is 43.0 Å². The lowest BCUT2D eigenvalue weighted by Gasteiger charge is -2.44. The topological polar surface area (TPSA) is 49.9 Å². The first kappa shape index (κ1) is 20.1. The third-order valence-corrected chi connectivity index (χ3v) is 7.31. The highest BCUT2D eigenvalue weighted by molar-refractivity contribution is 6.09. The highest BCUT2D eigenvalue weighted by Gasteiger charge is 2.36. The summed E-state index contributed by atoms with van der Waals surface area (Å²) in [5, 5.41) is 0. The number of hydrogen-bond acceptors (Lipinski definition) is 3. The summed E-state index contributed by atoms with van der Waals surface area (Å²) in [6.45, 7) is 1.49. The van der Waals surface area contributed by atoms with Gasteiger partial charge in [-0.2, -0.15) is 0 Å². The van der Waals surface area contributed by atoms with Crippen LogP contribution in [0.3, 0.4) is 0 Å². The highest BCUT2D eigenvalue weighted by Crippen LogP contribution is 2.37. The maximum atomic E-state index is 13.4. The summed E-state index contributed by atoms with van der Waals surface area (Å²) in [4.78, 5) is 30.5. The lowest BCUT2D eigenvalue weighted by molar-refractivity contribution is 0.0390. The zero-order valence-corrected chi connectivity index (χ0v) is 18.2. The predicted molar refractivity (Wildman–Crippen MR) is 121 cm³/mol. The fourth-order valence-electron chi connectivity index (χ4n) is 5.76. The molecule has 0 bridgehead atoms. The number of carbonyl (C=O) groups is 2. The number of para-hydroxylation sites is 1. The van der Waals surface area contributed by atoms with Gasteiger partial charge in [0.15, 0.2) is 0 Å². The number of amides is 2. The molecule has 0 aromatic heterocycles. The Morgan fingerprint density at radius 3 is 2.61 bits per heavy atom. The van der Waals surface area contributed by atoms with Gasteiger partial charge in [0.05, 0.1) is 12.7 Å². The van der Waals surface area contributed by atoms with Gasteiger partial charge < -0.3 is 14.5 Å². The van der Waals surface area contributed by atoms with Gasteiger partial charge in [0.1, 0.15) is 5.75 Å². The first-order valence-corrected chi connectivity index (χ1v) is 11.6. The molecule has 31 heavy (non-hydrogen) atoms. The number of fused-ring (bicyclic) bond motifs is 2. The van der Waals surface area contributed by atoms with Crippen LogP contribution in [0, 0.1) is 5.92 Å². The molecule has 2 aliphatic heterocycles. The summed E-state index contributed by atoms with van der Waals surface area (Å²) in [5.74, 6) is 1.36. The van der Waals surface area contributed by atoms with E-state index in [0.717, 1.165) is 42.6 Å². The van der Waals surface area contributed by atoms with Crippen LogP contribution in [0.1, 0.15) is 64.8 Å². The van der Waals surface area contributed by atoms with Crippen LogP contribution in [0.5, 0.6) is 5.75 Å². The fraction of sp³-hybridized carbons (Fsp3) is 0.462. The summed E-state index contributed by atoms with van der Waals surface area (Å²) in [6, 6.07) is 13.6. The van der Waals surface area contributed by atoms with E-state index < -0.39 is 0 Å². The van der Waals surface area contributed by atoms with Crippen LogP contribution in [-0.2, 0) is 6.42 Å². The number of anilines is 1. The third-order valence-electron chi connectivity index (χ3n) is 7.31. The Hall–Kier alpha value is -2.82. The van der Waals surface area contributed by atoms with Crippen LogP contribution in [0.4, 0.5) is 5.69 Å². The molecule has 0 spiro atoms. The number of benzene rings is 2. The Balaban J connectivity index is 1.38. The molecule has 0 radical (unpaired) electrons. The smallest absolute Gasteiger partial charge is 0.262 e. The van der Waals surface area contributed by atoms with Crippen LogP contribution >= 0.6 is 0 Å². The molecule has 2 fully saturated rings. The third kappa shape index (κ3) is 3.60. The molecule has 5 heteroatoms. The number of rotatable bonds is 3. The maximum absolute atomic E-state index is 13.4. The van der Waals surface area contributed by atoms with E-state index in [0.29, 0.717) is 29.8 Å². The molecule has 2 aromatic rings. The van der Waals surface area contributed by atoms with Crippen LogP contribution in [0.15, 0.2) is 42.5 Å². The number of likely N-dealkylation sites (tertiary alicyclic amines) is 1. The molecular weight excluding hydrogens is 388 g/mol. The molecule has 5 nitrogen and oxygen atoms in total.